The molecule has 0 fully saturated rings. The molecule has 5 rings (SSSR count). The van der Waals surface area contributed by atoms with E-state index in [1.807, 2.05) is 54.6 Å². The van der Waals surface area contributed by atoms with E-state index in [0.29, 0.717) is 17.7 Å². The number of nitro groups is 1. The summed E-state index contributed by atoms with van der Waals surface area (Å²) >= 11 is 0. The molecule has 0 N–H and O–H groups in total. The lowest BCUT2D eigenvalue weighted by atomic mass is 9.96. The fourth-order valence-electron chi connectivity index (χ4n) is 3.90. The second-order valence-electron chi connectivity index (χ2n) is 7.19. The van der Waals surface area contributed by atoms with E-state index in [1.165, 1.54) is 24.3 Å². The number of hydrogen-bond acceptors (Lipinski definition) is 6. The highest BCUT2D eigenvalue weighted by molar-refractivity contribution is 6.03. The molecule has 7 nitrogen and oxygen atoms in total. The molecule has 30 heavy (non-hydrogen) atoms. The zero-order valence-corrected chi connectivity index (χ0v) is 15.8. The van der Waals surface area contributed by atoms with E-state index in [9.17, 15) is 14.9 Å². The van der Waals surface area contributed by atoms with Gasteiger partial charge in [0, 0.05) is 29.7 Å². The van der Waals surface area contributed by atoms with Crippen LogP contribution in [0.2, 0.25) is 0 Å². The van der Waals surface area contributed by atoms with E-state index >= 15 is 0 Å². The van der Waals surface area contributed by atoms with Crippen molar-refractivity contribution in [3.8, 4) is 5.75 Å². The number of non-ortho nitro benzene ring substituents is 1. The molecule has 0 spiro atoms. The fraction of sp³-hybridized carbons (Fsp3) is 0.130. The first kappa shape index (κ1) is 18.1. The number of carbonyl (C=O) groups is 1. The van der Waals surface area contributed by atoms with Crippen LogP contribution in [-0.2, 0) is 0 Å². The van der Waals surface area contributed by atoms with Crippen molar-refractivity contribution in [2.24, 2.45) is 5.10 Å². The molecule has 2 atom stereocenters. The molecule has 0 saturated heterocycles. The summed E-state index contributed by atoms with van der Waals surface area (Å²) in [6.45, 7) is 0. The van der Waals surface area contributed by atoms with Crippen molar-refractivity contribution < 1.29 is 14.5 Å². The lowest BCUT2D eigenvalue weighted by Crippen LogP contribution is -2.45. The number of ether oxygens (including phenoxy) is 1. The number of nitrogens with zero attached hydrogens (tertiary/aromatic N) is 3. The summed E-state index contributed by atoms with van der Waals surface area (Å²) in [5, 5.41) is 17.4. The number of carbonyl (C=O) groups excluding carboxylic acids is 1. The summed E-state index contributed by atoms with van der Waals surface area (Å²) < 4.78 is 6.06. The van der Waals surface area contributed by atoms with Crippen molar-refractivity contribution in [1.29, 1.82) is 0 Å². The van der Waals surface area contributed by atoms with Crippen LogP contribution in [0, 0.1) is 10.1 Å². The zero-order chi connectivity index (χ0) is 20.7. The largest absolute Gasteiger partial charge is 0.461 e. The van der Waals surface area contributed by atoms with Gasteiger partial charge in [-0.2, -0.15) is 5.10 Å². The van der Waals surface area contributed by atoms with Gasteiger partial charge in [0.05, 0.1) is 16.7 Å². The number of nitro benzene ring substituents is 1. The van der Waals surface area contributed by atoms with Gasteiger partial charge in [-0.05, 0) is 23.8 Å². The van der Waals surface area contributed by atoms with Crippen LogP contribution in [-0.4, -0.2) is 27.7 Å². The molecule has 7 heteroatoms. The normalized spacial score (nSPS) is 19.3. The van der Waals surface area contributed by atoms with Gasteiger partial charge in [0.2, 0.25) is 5.78 Å². The maximum atomic E-state index is 13.3. The zero-order valence-electron chi connectivity index (χ0n) is 15.8. The minimum atomic E-state index is -0.937. The van der Waals surface area contributed by atoms with E-state index in [2.05, 4.69) is 0 Å². The Morgan fingerprint density at radius 2 is 1.70 bits per heavy atom. The Morgan fingerprint density at radius 3 is 2.43 bits per heavy atom. The van der Waals surface area contributed by atoms with Crippen LogP contribution in [0.25, 0.3) is 0 Å². The third kappa shape index (κ3) is 3.00. The summed E-state index contributed by atoms with van der Waals surface area (Å²) in [6, 6.07) is 23.0. The Balaban J connectivity index is 1.53. The minimum Gasteiger partial charge on any atom is -0.461 e. The predicted octanol–water partition coefficient (Wildman–Crippen LogP) is 4.35. The molecule has 0 saturated carbocycles. The Kier molecular flexibility index (Phi) is 4.28. The predicted molar refractivity (Wildman–Crippen MR) is 110 cm³/mol. The third-order valence-corrected chi connectivity index (χ3v) is 5.39. The molecule has 2 heterocycles. The maximum Gasteiger partial charge on any atom is 0.269 e. The third-order valence-electron chi connectivity index (χ3n) is 5.39. The average molecular weight is 399 g/mol. The highest BCUT2D eigenvalue weighted by atomic mass is 16.6. The van der Waals surface area contributed by atoms with Crippen LogP contribution < -0.4 is 4.74 Å². The van der Waals surface area contributed by atoms with Crippen LogP contribution in [0.15, 0.2) is 84.0 Å². The van der Waals surface area contributed by atoms with E-state index < -0.39 is 11.2 Å². The molecule has 0 amide bonds. The van der Waals surface area contributed by atoms with Crippen molar-refractivity contribution in [1.82, 2.24) is 5.01 Å². The highest BCUT2D eigenvalue weighted by Crippen LogP contribution is 2.43. The van der Waals surface area contributed by atoms with Gasteiger partial charge in [0.25, 0.3) is 11.9 Å². The number of para-hydroxylation sites is 1. The van der Waals surface area contributed by atoms with Crippen LogP contribution in [0.5, 0.6) is 5.75 Å². The smallest absolute Gasteiger partial charge is 0.269 e. The van der Waals surface area contributed by atoms with Gasteiger partial charge in [-0.15, -0.1) is 0 Å². The van der Waals surface area contributed by atoms with Crippen molar-refractivity contribution in [2.75, 3.05) is 0 Å². The van der Waals surface area contributed by atoms with E-state index in [4.69, 9.17) is 9.84 Å². The number of ketones is 1. The summed E-state index contributed by atoms with van der Waals surface area (Å²) in [6.07, 6.45) is -0.276. The number of fused-ring (bicyclic) bond motifs is 3. The fourth-order valence-corrected chi connectivity index (χ4v) is 3.90. The number of rotatable bonds is 4. The topological polar surface area (TPSA) is 85.0 Å². The SMILES string of the molecule is O=C(c1ccc([N+](=O)[O-])cc1)[C@H]1Oc2ccccc2[C@@H]2CC(c3ccccc3)=NN12. The van der Waals surface area contributed by atoms with Gasteiger partial charge >= 0.3 is 0 Å². The van der Waals surface area contributed by atoms with Crippen molar-refractivity contribution in [2.45, 2.75) is 18.7 Å². The minimum absolute atomic E-state index is 0.0649. The van der Waals surface area contributed by atoms with E-state index in [1.54, 1.807) is 5.01 Å². The Labute approximate surface area is 172 Å². The van der Waals surface area contributed by atoms with Crippen molar-refractivity contribution >= 4 is 17.2 Å². The quantitative estimate of drug-likeness (QED) is 0.370. The molecular formula is C23H17N3O4. The van der Waals surface area contributed by atoms with Gasteiger partial charge in [0.1, 0.15) is 5.75 Å². The second kappa shape index (κ2) is 7.11. The first-order chi connectivity index (χ1) is 14.6. The number of hydrazone groups is 1. The molecular weight excluding hydrogens is 382 g/mol. The van der Waals surface area contributed by atoms with E-state index in [0.717, 1.165) is 16.8 Å². The van der Waals surface area contributed by atoms with Crippen LogP contribution in [0.3, 0.4) is 0 Å². The second-order valence-corrected chi connectivity index (χ2v) is 7.19. The highest BCUT2D eigenvalue weighted by Gasteiger charge is 2.43. The van der Waals surface area contributed by atoms with Crippen LogP contribution >= 0.6 is 0 Å². The summed E-state index contributed by atoms with van der Waals surface area (Å²) in [5.41, 5.74) is 3.16. The average Bonchev–Trinajstić information content (AvgIpc) is 3.24. The van der Waals surface area contributed by atoms with Crippen LogP contribution in [0.4, 0.5) is 5.69 Å². The molecule has 3 aromatic carbocycles. The number of benzene rings is 3. The van der Waals surface area contributed by atoms with E-state index in [-0.39, 0.29) is 17.5 Å². The lowest BCUT2D eigenvalue weighted by molar-refractivity contribution is -0.384. The lowest BCUT2D eigenvalue weighted by Gasteiger charge is -2.37. The first-order valence-corrected chi connectivity index (χ1v) is 9.57. The summed E-state index contributed by atoms with van der Waals surface area (Å²) in [7, 11) is 0. The number of Topliss-reactive ketones (excluding diaryl/α,β-unsaturated/α-hetero) is 1. The van der Waals surface area contributed by atoms with Gasteiger partial charge < -0.3 is 4.74 Å². The standard InChI is InChI=1S/C23H17N3O4/c27-22(16-10-12-17(13-11-16)26(28)29)23-25-20(18-8-4-5-9-21(18)30-23)14-19(24-25)15-6-2-1-3-7-15/h1-13,20,23H,14H2/t20-,23+/m0/s1. The maximum absolute atomic E-state index is 13.3. The molecule has 0 aromatic heterocycles. The summed E-state index contributed by atoms with van der Waals surface area (Å²) in [5.74, 6) is 0.367. The van der Waals surface area contributed by atoms with Crippen LogP contribution in [0.1, 0.15) is 33.9 Å². The van der Waals surface area contributed by atoms with Gasteiger partial charge in [0.15, 0.2) is 0 Å². The monoisotopic (exact) mass is 399 g/mol. The number of hydrogen-bond donors (Lipinski definition) is 0. The van der Waals surface area contributed by atoms with Crippen molar-refractivity contribution in [3.63, 3.8) is 0 Å². The van der Waals surface area contributed by atoms with Crippen molar-refractivity contribution in [3.05, 3.63) is 106 Å². The molecule has 0 unspecified atom stereocenters. The molecule has 148 valence electrons. The molecule has 2 aliphatic heterocycles. The van der Waals surface area contributed by atoms with Gasteiger partial charge in [-0.25, -0.2) is 5.01 Å². The molecule has 0 aliphatic carbocycles. The Morgan fingerprint density at radius 1 is 1.00 bits per heavy atom. The molecule has 3 aromatic rings. The molecule has 2 aliphatic rings. The van der Waals surface area contributed by atoms with Gasteiger partial charge in [-0.1, -0.05) is 48.5 Å². The summed E-state index contributed by atoms with van der Waals surface area (Å²) in [4.78, 5) is 23.7. The Bertz CT molecular complexity index is 1160. The van der Waals surface area contributed by atoms with Gasteiger partial charge in [-0.3, -0.25) is 14.9 Å². The Hall–Kier alpha value is -4.00. The molecule has 0 bridgehead atoms. The first-order valence-electron chi connectivity index (χ1n) is 9.57. The molecule has 0 radical (unpaired) electrons.